The Labute approximate surface area is 127 Å². The smallest absolute Gasteiger partial charge is 0.238 e. The summed E-state index contributed by atoms with van der Waals surface area (Å²) < 4.78 is 49.5. The summed E-state index contributed by atoms with van der Waals surface area (Å²) in [6.45, 7) is 0.0846. The van der Waals surface area contributed by atoms with Crippen LogP contribution in [0.25, 0.3) is 0 Å². The quantitative estimate of drug-likeness (QED) is 0.772. The lowest BCUT2D eigenvalue weighted by Crippen LogP contribution is -2.12. The van der Waals surface area contributed by atoms with Crippen LogP contribution >= 0.6 is 23.2 Å². The van der Waals surface area contributed by atoms with Crippen LogP contribution in [-0.2, 0) is 19.9 Å². The number of hydrogen-bond acceptors (Lipinski definition) is 5. The second-order valence-corrected chi connectivity index (χ2v) is 8.73. The summed E-state index contributed by atoms with van der Waals surface area (Å²) in [6.07, 6.45) is 1.39. The number of rotatable bonds is 6. The minimum Gasteiger partial charge on any atom is -0.490 e. The summed E-state index contributed by atoms with van der Waals surface area (Å²) in [7, 11) is -6.98. The van der Waals surface area contributed by atoms with Crippen LogP contribution in [0.4, 0.5) is 0 Å². The molecule has 6 nitrogen and oxygen atoms in total. The fourth-order valence-electron chi connectivity index (χ4n) is 1.33. The summed E-state index contributed by atoms with van der Waals surface area (Å²) >= 11 is 11.7. The number of sulfone groups is 1. The zero-order valence-electron chi connectivity index (χ0n) is 10.5. The van der Waals surface area contributed by atoms with E-state index in [1.54, 1.807) is 0 Å². The summed E-state index contributed by atoms with van der Waals surface area (Å²) in [5.41, 5.74) is 0. The van der Waals surface area contributed by atoms with Gasteiger partial charge < -0.3 is 4.74 Å². The summed E-state index contributed by atoms with van der Waals surface area (Å²) in [4.78, 5) is -0.226. The van der Waals surface area contributed by atoms with E-state index in [4.69, 9.17) is 33.1 Å². The molecule has 2 N–H and O–H groups in total. The predicted octanol–water partition coefficient (Wildman–Crippen LogP) is 1.45. The Morgan fingerprint density at radius 2 is 1.65 bits per heavy atom. The molecule has 1 aromatic carbocycles. The van der Waals surface area contributed by atoms with E-state index in [0.717, 1.165) is 18.4 Å². The predicted molar refractivity (Wildman–Crippen MR) is 77.7 cm³/mol. The average molecular weight is 362 g/mol. The molecule has 1 aromatic rings. The van der Waals surface area contributed by atoms with Crippen molar-refractivity contribution >= 4 is 43.1 Å². The van der Waals surface area contributed by atoms with Crippen LogP contribution in [0.3, 0.4) is 0 Å². The van der Waals surface area contributed by atoms with E-state index in [1.165, 1.54) is 0 Å². The van der Waals surface area contributed by atoms with Crippen LogP contribution in [0.5, 0.6) is 5.75 Å². The molecule has 0 saturated carbocycles. The Balaban J connectivity index is 2.83. The fourth-order valence-corrected chi connectivity index (χ4v) is 3.27. The maximum absolute atomic E-state index is 11.2. The molecule has 20 heavy (non-hydrogen) atoms. The van der Waals surface area contributed by atoms with E-state index in [0.29, 0.717) is 0 Å². The normalized spacial score (nSPS) is 12.4. The van der Waals surface area contributed by atoms with Gasteiger partial charge in [0.05, 0.1) is 27.3 Å². The second-order valence-electron chi connectivity index (χ2n) is 4.09. The van der Waals surface area contributed by atoms with Gasteiger partial charge in [0.2, 0.25) is 10.0 Å². The number of hydrogen-bond donors (Lipinski definition) is 1. The van der Waals surface area contributed by atoms with Gasteiger partial charge in [-0.25, -0.2) is 22.0 Å². The molecule has 0 atom stereocenters. The van der Waals surface area contributed by atoms with Crippen LogP contribution in [0.15, 0.2) is 17.0 Å². The Bertz CT molecular complexity index is 677. The highest BCUT2D eigenvalue weighted by Gasteiger charge is 2.16. The third-order valence-electron chi connectivity index (χ3n) is 2.21. The first-order valence-corrected chi connectivity index (χ1v) is 9.69. The van der Waals surface area contributed by atoms with E-state index in [-0.39, 0.29) is 39.5 Å². The lowest BCUT2D eigenvalue weighted by atomic mass is 10.3. The van der Waals surface area contributed by atoms with Gasteiger partial charge in [-0.15, -0.1) is 0 Å². The number of benzene rings is 1. The minimum absolute atomic E-state index is 0.0131. The van der Waals surface area contributed by atoms with E-state index in [2.05, 4.69) is 0 Å². The summed E-state index contributed by atoms with van der Waals surface area (Å²) in [6, 6.07) is 2.24. The number of sulfonamides is 1. The van der Waals surface area contributed by atoms with E-state index in [1.807, 2.05) is 0 Å². The van der Waals surface area contributed by atoms with Gasteiger partial charge in [-0.1, -0.05) is 23.2 Å². The van der Waals surface area contributed by atoms with Crippen LogP contribution in [-0.4, -0.2) is 35.5 Å². The average Bonchev–Trinajstić information content (AvgIpc) is 2.23. The third-order valence-corrected chi connectivity index (χ3v) is 4.69. The molecule has 0 radical (unpaired) electrons. The largest absolute Gasteiger partial charge is 0.490 e. The second kappa shape index (κ2) is 6.48. The monoisotopic (exact) mass is 361 g/mol. The van der Waals surface area contributed by atoms with Crippen molar-refractivity contribution in [3.63, 3.8) is 0 Å². The number of ether oxygens (including phenoxy) is 1. The molecule has 0 aliphatic rings. The van der Waals surface area contributed by atoms with Gasteiger partial charge in [0.15, 0.2) is 5.75 Å². The van der Waals surface area contributed by atoms with Gasteiger partial charge in [0.1, 0.15) is 9.84 Å². The molecule has 0 bridgehead atoms. The molecule has 0 spiro atoms. The summed E-state index contributed by atoms with van der Waals surface area (Å²) in [5, 5.41) is 4.94. The highest BCUT2D eigenvalue weighted by molar-refractivity contribution is 7.90. The van der Waals surface area contributed by atoms with E-state index in [9.17, 15) is 16.8 Å². The van der Waals surface area contributed by atoms with E-state index < -0.39 is 19.9 Å². The maximum Gasteiger partial charge on any atom is 0.238 e. The van der Waals surface area contributed by atoms with Crippen molar-refractivity contribution in [1.82, 2.24) is 0 Å². The fraction of sp³-hybridized carbons (Fsp3) is 0.400. The highest BCUT2D eigenvalue weighted by atomic mass is 35.5. The summed E-state index contributed by atoms with van der Waals surface area (Å²) in [5.74, 6) is 0.0616. The zero-order valence-corrected chi connectivity index (χ0v) is 13.6. The third kappa shape index (κ3) is 5.45. The SMILES string of the molecule is CS(=O)(=O)CCCOc1c(Cl)cc(S(N)(=O)=O)cc1Cl. The van der Waals surface area contributed by atoms with Crippen molar-refractivity contribution < 1.29 is 21.6 Å². The van der Waals surface area contributed by atoms with Crippen molar-refractivity contribution in [3.05, 3.63) is 22.2 Å². The molecule has 114 valence electrons. The Hall–Kier alpha value is -0.540. The molecular formula is C10H13Cl2NO5S2. The molecule has 0 aromatic heterocycles. The Morgan fingerprint density at radius 1 is 1.15 bits per heavy atom. The van der Waals surface area contributed by atoms with Crippen molar-refractivity contribution in [3.8, 4) is 5.75 Å². The molecule has 0 unspecified atom stereocenters. The minimum atomic E-state index is -3.91. The van der Waals surface area contributed by atoms with Crippen LogP contribution in [0.2, 0.25) is 10.0 Å². The van der Waals surface area contributed by atoms with Crippen LogP contribution in [0.1, 0.15) is 6.42 Å². The molecule has 0 heterocycles. The molecule has 0 saturated heterocycles. The Kier molecular flexibility index (Phi) is 5.68. The topological polar surface area (TPSA) is 104 Å². The van der Waals surface area contributed by atoms with Crippen molar-refractivity contribution in [2.24, 2.45) is 5.14 Å². The van der Waals surface area contributed by atoms with E-state index >= 15 is 0 Å². The molecule has 0 fully saturated rings. The first-order chi connectivity index (χ1) is 9.00. The number of primary sulfonamides is 1. The number of nitrogens with two attached hydrogens (primary N) is 1. The zero-order chi connectivity index (χ0) is 15.6. The maximum atomic E-state index is 11.2. The van der Waals surface area contributed by atoms with Crippen molar-refractivity contribution in [2.45, 2.75) is 11.3 Å². The molecule has 1 rings (SSSR count). The number of halogens is 2. The lowest BCUT2D eigenvalue weighted by molar-refractivity contribution is 0.318. The van der Waals surface area contributed by atoms with Gasteiger partial charge in [-0.3, -0.25) is 0 Å². The molecule has 0 aliphatic carbocycles. The van der Waals surface area contributed by atoms with Crippen molar-refractivity contribution in [2.75, 3.05) is 18.6 Å². The molecule has 0 amide bonds. The first-order valence-electron chi connectivity index (χ1n) is 5.33. The van der Waals surface area contributed by atoms with Gasteiger partial charge in [-0.2, -0.15) is 0 Å². The standard InChI is InChI=1S/C10H13Cl2NO5S2/c1-19(14,15)4-2-3-18-10-8(11)5-7(6-9(10)12)20(13,16)17/h5-6H,2-4H2,1H3,(H2,13,16,17). The van der Waals surface area contributed by atoms with Gasteiger partial charge in [0, 0.05) is 6.26 Å². The van der Waals surface area contributed by atoms with Gasteiger partial charge >= 0.3 is 0 Å². The molecule has 0 aliphatic heterocycles. The lowest BCUT2D eigenvalue weighted by Gasteiger charge is -2.11. The van der Waals surface area contributed by atoms with Crippen LogP contribution < -0.4 is 9.88 Å². The van der Waals surface area contributed by atoms with Crippen molar-refractivity contribution in [1.29, 1.82) is 0 Å². The molecular weight excluding hydrogens is 349 g/mol. The van der Waals surface area contributed by atoms with Crippen LogP contribution in [0, 0.1) is 0 Å². The Morgan fingerprint density at radius 3 is 2.05 bits per heavy atom. The van der Waals surface area contributed by atoms with Gasteiger partial charge in [-0.05, 0) is 18.6 Å². The van der Waals surface area contributed by atoms with Gasteiger partial charge in [0.25, 0.3) is 0 Å². The molecule has 10 heteroatoms. The first kappa shape index (κ1) is 17.5. The highest BCUT2D eigenvalue weighted by Crippen LogP contribution is 2.35.